The van der Waals surface area contributed by atoms with E-state index in [1.54, 1.807) is 23.7 Å². The molecule has 0 spiro atoms. The molecule has 4 aromatic rings. The summed E-state index contributed by atoms with van der Waals surface area (Å²) in [6.07, 6.45) is 2.83. The number of pyridine rings is 1. The van der Waals surface area contributed by atoms with E-state index in [1.807, 2.05) is 29.6 Å². The van der Waals surface area contributed by atoms with Crippen molar-refractivity contribution >= 4 is 61.7 Å². The zero-order chi connectivity index (χ0) is 30.1. The predicted molar refractivity (Wildman–Crippen MR) is 161 cm³/mol. The molecule has 4 atom stereocenters. The van der Waals surface area contributed by atoms with E-state index in [0.29, 0.717) is 45.2 Å². The summed E-state index contributed by atoms with van der Waals surface area (Å²) in [5.74, 6) is 0.951. The van der Waals surface area contributed by atoms with Crippen molar-refractivity contribution in [3.8, 4) is 0 Å². The Balaban J connectivity index is 1.33. The van der Waals surface area contributed by atoms with Crippen LogP contribution in [0.15, 0.2) is 41.3 Å². The minimum Gasteiger partial charge on any atom is -0.377 e. The highest BCUT2D eigenvalue weighted by molar-refractivity contribution is 7.89. The number of carbonyl (C=O) groups excluding carboxylic acids is 1. The van der Waals surface area contributed by atoms with Crippen LogP contribution in [0.1, 0.15) is 40.6 Å². The second-order valence-electron chi connectivity index (χ2n) is 10.9. The number of rotatable bonds is 7. The molecule has 220 valence electrons. The van der Waals surface area contributed by atoms with Crippen molar-refractivity contribution < 1.29 is 13.2 Å². The van der Waals surface area contributed by atoms with Gasteiger partial charge in [-0.15, -0.1) is 0 Å². The number of hydrogen-bond donors (Lipinski definition) is 2. The van der Waals surface area contributed by atoms with Crippen molar-refractivity contribution in [3.63, 3.8) is 0 Å². The van der Waals surface area contributed by atoms with Crippen LogP contribution in [0.3, 0.4) is 0 Å². The average molecular weight is 632 g/mol. The summed E-state index contributed by atoms with van der Waals surface area (Å²) in [5.41, 5.74) is 2.01. The normalized spacial score (nSPS) is 20.4. The molecule has 1 aliphatic carbocycles. The Morgan fingerprint density at radius 1 is 1.10 bits per heavy atom. The van der Waals surface area contributed by atoms with Crippen molar-refractivity contribution in [1.82, 2.24) is 29.0 Å². The SMILES string of the molecule is C[C@@H](Nc1ccc(Cl)nc1C(=O)NS(C)(=O)=O)c1cc(Cl)cc2c(=O)n(C)c(N3C[C@@H]4C(c5ccn(C)n5)[C@@H]4C3)nc12. The van der Waals surface area contributed by atoms with Crippen molar-refractivity contribution in [2.45, 2.75) is 18.9 Å². The molecular weight excluding hydrogens is 603 g/mol. The molecule has 4 heterocycles. The number of aryl methyl sites for hydroxylation is 1. The van der Waals surface area contributed by atoms with Gasteiger partial charge in [-0.05, 0) is 49.1 Å². The number of benzene rings is 1. The zero-order valence-electron chi connectivity index (χ0n) is 23.2. The fourth-order valence-corrected chi connectivity index (χ4v) is 6.77. The summed E-state index contributed by atoms with van der Waals surface area (Å²) in [6, 6.07) is 7.87. The Hall–Kier alpha value is -3.68. The highest BCUT2D eigenvalue weighted by atomic mass is 35.5. The maximum atomic E-state index is 13.6. The van der Waals surface area contributed by atoms with Crippen LogP contribution in [0.25, 0.3) is 10.9 Å². The van der Waals surface area contributed by atoms with Crippen LogP contribution < -0.4 is 20.5 Å². The summed E-state index contributed by atoms with van der Waals surface area (Å²) in [5, 5.41) is 8.50. The van der Waals surface area contributed by atoms with E-state index in [9.17, 15) is 18.0 Å². The summed E-state index contributed by atoms with van der Waals surface area (Å²) in [4.78, 5) is 37.4. The molecule has 15 heteroatoms. The zero-order valence-corrected chi connectivity index (χ0v) is 25.5. The standard InChI is InChI=1S/C27H28Cl2N8O4S/c1-13(30-20-5-6-21(29)31-24(20)25(38)34-42(4,40)41)15-9-14(28)10-16-23(15)32-27(36(3)26(16)39)37-11-17-18(12-37)22(17)19-7-8-35(2)33-19/h5-10,13,17-18,22,30H,11-12H2,1-4H3,(H,34,38)/t13-,17-,18+,22?/m1/s1. The molecule has 1 saturated heterocycles. The number of halogens is 2. The smallest absolute Gasteiger partial charge is 0.285 e. The van der Waals surface area contributed by atoms with E-state index in [2.05, 4.69) is 26.4 Å². The topological polar surface area (TPSA) is 144 Å². The first kappa shape index (κ1) is 28.4. The van der Waals surface area contributed by atoms with Crippen LogP contribution in [0.2, 0.25) is 10.2 Å². The molecule has 0 bridgehead atoms. The van der Waals surface area contributed by atoms with E-state index in [0.717, 1.165) is 25.0 Å². The Kier molecular flexibility index (Phi) is 6.94. The molecule has 1 aromatic carbocycles. The van der Waals surface area contributed by atoms with Crippen LogP contribution in [0.5, 0.6) is 0 Å². The van der Waals surface area contributed by atoms with Gasteiger partial charge >= 0.3 is 0 Å². The molecular formula is C27H28Cl2N8O4S. The molecule has 1 saturated carbocycles. The van der Waals surface area contributed by atoms with Gasteiger partial charge in [-0.3, -0.25) is 18.8 Å². The fraction of sp³-hybridized carbons (Fsp3) is 0.370. The van der Waals surface area contributed by atoms with Crippen LogP contribution in [0, 0.1) is 11.8 Å². The van der Waals surface area contributed by atoms with Gasteiger partial charge in [-0.2, -0.15) is 5.10 Å². The Labute approximate surface area is 251 Å². The van der Waals surface area contributed by atoms with Crippen LogP contribution in [-0.4, -0.2) is 58.0 Å². The molecule has 1 unspecified atom stereocenters. The van der Waals surface area contributed by atoms with Gasteiger partial charge in [-0.25, -0.2) is 23.1 Å². The molecule has 12 nitrogen and oxygen atoms in total. The monoisotopic (exact) mass is 630 g/mol. The summed E-state index contributed by atoms with van der Waals surface area (Å²) in [7, 11) is -0.221. The Morgan fingerprint density at radius 2 is 1.81 bits per heavy atom. The van der Waals surface area contributed by atoms with Crippen molar-refractivity contribution in [3.05, 3.63) is 74.0 Å². The fourth-order valence-electron chi connectivity index (χ4n) is 5.96. The van der Waals surface area contributed by atoms with Crippen LogP contribution in [0.4, 0.5) is 11.6 Å². The van der Waals surface area contributed by atoms with Gasteiger partial charge in [0.1, 0.15) is 5.15 Å². The number of anilines is 2. The maximum absolute atomic E-state index is 13.6. The van der Waals surface area contributed by atoms with Gasteiger partial charge in [0.05, 0.1) is 34.6 Å². The third-order valence-corrected chi connectivity index (χ3v) is 8.88. The number of carbonyl (C=O) groups is 1. The second-order valence-corrected chi connectivity index (χ2v) is 13.5. The van der Waals surface area contributed by atoms with Gasteiger partial charge < -0.3 is 10.2 Å². The molecule has 42 heavy (non-hydrogen) atoms. The van der Waals surface area contributed by atoms with Gasteiger partial charge in [-0.1, -0.05) is 23.2 Å². The number of amides is 1. The van der Waals surface area contributed by atoms with E-state index >= 15 is 0 Å². The van der Waals surface area contributed by atoms with Crippen LogP contribution in [-0.2, 0) is 24.1 Å². The summed E-state index contributed by atoms with van der Waals surface area (Å²) in [6.45, 7) is 3.35. The summed E-state index contributed by atoms with van der Waals surface area (Å²) < 4.78 is 28.6. The molecule has 3 aromatic heterocycles. The molecule has 0 radical (unpaired) electrons. The first-order valence-electron chi connectivity index (χ1n) is 13.2. The predicted octanol–water partition coefficient (Wildman–Crippen LogP) is 3.08. The molecule has 6 rings (SSSR count). The van der Waals surface area contributed by atoms with Crippen molar-refractivity contribution in [2.24, 2.45) is 25.9 Å². The molecule has 1 aliphatic heterocycles. The highest BCUT2D eigenvalue weighted by Gasteiger charge is 2.57. The van der Waals surface area contributed by atoms with Gasteiger partial charge in [0.15, 0.2) is 5.69 Å². The van der Waals surface area contributed by atoms with Gasteiger partial charge in [0, 0.05) is 49.9 Å². The summed E-state index contributed by atoms with van der Waals surface area (Å²) >= 11 is 12.5. The van der Waals surface area contributed by atoms with E-state index in [-0.39, 0.29) is 22.1 Å². The molecule has 2 aliphatic rings. The minimum absolute atomic E-state index is 0.0174. The number of aromatic nitrogens is 5. The van der Waals surface area contributed by atoms with Gasteiger partial charge in [0.2, 0.25) is 16.0 Å². The first-order chi connectivity index (χ1) is 19.8. The number of nitrogens with one attached hydrogen (secondary N) is 2. The number of fused-ring (bicyclic) bond motifs is 2. The van der Waals surface area contributed by atoms with E-state index < -0.39 is 22.0 Å². The number of nitrogens with zero attached hydrogens (tertiary/aromatic N) is 6. The maximum Gasteiger partial charge on any atom is 0.285 e. The Morgan fingerprint density at radius 3 is 2.45 bits per heavy atom. The second kappa shape index (κ2) is 10.2. The third-order valence-electron chi connectivity index (χ3n) is 7.90. The van der Waals surface area contributed by atoms with Gasteiger partial charge in [0.25, 0.3) is 11.5 Å². The quantitative estimate of drug-likeness (QED) is 0.294. The number of hydrogen-bond acceptors (Lipinski definition) is 9. The minimum atomic E-state index is -3.84. The lowest BCUT2D eigenvalue weighted by Crippen LogP contribution is -2.32. The van der Waals surface area contributed by atoms with Crippen LogP contribution >= 0.6 is 23.2 Å². The molecule has 2 N–H and O–H groups in total. The van der Waals surface area contributed by atoms with E-state index in [1.165, 1.54) is 12.1 Å². The van der Waals surface area contributed by atoms with Crippen molar-refractivity contribution in [2.75, 3.05) is 29.6 Å². The van der Waals surface area contributed by atoms with E-state index in [4.69, 9.17) is 28.2 Å². The lowest BCUT2D eigenvalue weighted by Gasteiger charge is -2.24. The largest absolute Gasteiger partial charge is 0.377 e. The molecule has 2 fully saturated rings. The molecule has 1 amide bonds. The number of sulfonamides is 1. The van der Waals surface area contributed by atoms with Crippen molar-refractivity contribution in [1.29, 1.82) is 0 Å². The first-order valence-corrected chi connectivity index (χ1v) is 15.9. The lowest BCUT2D eigenvalue weighted by atomic mass is 10.0. The Bertz CT molecular complexity index is 1910. The lowest BCUT2D eigenvalue weighted by molar-refractivity contribution is 0.0977. The average Bonchev–Trinajstić information content (AvgIpc) is 3.20. The number of piperidine rings is 1. The third kappa shape index (κ3) is 5.20. The highest BCUT2D eigenvalue weighted by Crippen LogP contribution is 2.58.